The van der Waals surface area contributed by atoms with E-state index in [1.807, 2.05) is 54.6 Å². The van der Waals surface area contributed by atoms with Crippen LogP contribution in [0.15, 0.2) is 60.8 Å². The fourth-order valence-electron chi connectivity index (χ4n) is 2.35. The van der Waals surface area contributed by atoms with Gasteiger partial charge < -0.3 is 9.64 Å². The zero-order valence-corrected chi connectivity index (χ0v) is 13.6. The Bertz CT molecular complexity index is 813. The molecule has 3 rings (SSSR count). The van der Waals surface area contributed by atoms with Crippen LogP contribution in [-0.2, 0) is 6.54 Å². The van der Waals surface area contributed by atoms with E-state index in [4.69, 9.17) is 4.74 Å². The number of nitrogens with zero attached hydrogens (tertiary/aromatic N) is 4. The van der Waals surface area contributed by atoms with Gasteiger partial charge in [0.2, 0.25) is 0 Å². The molecule has 2 aromatic carbocycles. The lowest BCUT2D eigenvalue weighted by atomic mass is 10.2. The minimum Gasteiger partial charge on any atom is -0.497 e. The molecule has 122 valence electrons. The summed E-state index contributed by atoms with van der Waals surface area (Å²) in [5, 5.41) is 8.02. The van der Waals surface area contributed by atoms with Crippen LogP contribution in [0, 0.1) is 0 Å². The molecule has 0 saturated heterocycles. The second-order valence-corrected chi connectivity index (χ2v) is 5.39. The highest BCUT2D eigenvalue weighted by Gasteiger charge is 2.16. The number of carbonyl (C=O) groups excluding carboxylic acids is 1. The van der Waals surface area contributed by atoms with Gasteiger partial charge in [0.25, 0.3) is 5.91 Å². The molecule has 0 radical (unpaired) electrons. The molecule has 0 aliphatic carbocycles. The van der Waals surface area contributed by atoms with Crippen molar-refractivity contribution in [1.29, 1.82) is 0 Å². The third-order valence-electron chi connectivity index (χ3n) is 3.66. The second kappa shape index (κ2) is 6.95. The number of amides is 1. The molecule has 0 aliphatic heterocycles. The van der Waals surface area contributed by atoms with E-state index in [-0.39, 0.29) is 5.91 Å². The smallest absolute Gasteiger partial charge is 0.276 e. The molecule has 1 aromatic heterocycles. The van der Waals surface area contributed by atoms with Crippen molar-refractivity contribution in [3.63, 3.8) is 0 Å². The maximum Gasteiger partial charge on any atom is 0.276 e. The highest BCUT2D eigenvalue weighted by atomic mass is 16.5. The zero-order chi connectivity index (χ0) is 16.9. The lowest BCUT2D eigenvalue weighted by Gasteiger charge is -2.15. The van der Waals surface area contributed by atoms with Crippen LogP contribution in [0.4, 0.5) is 0 Å². The number of hydrogen-bond donors (Lipinski definition) is 0. The van der Waals surface area contributed by atoms with Crippen LogP contribution >= 0.6 is 0 Å². The van der Waals surface area contributed by atoms with Crippen molar-refractivity contribution in [2.24, 2.45) is 0 Å². The Morgan fingerprint density at radius 3 is 2.50 bits per heavy atom. The van der Waals surface area contributed by atoms with E-state index >= 15 is 0 Å². The molecular weight excluding hydrogens is 304 g/mol. The van der Waals surface area contributed by atoms with Gasteiger partial charge in [0, 0.05) is 13.6 Å². The second-order valence-electron chi connectivity index (χ2n) is 5.39. The lowest BCUT2D eigenvalue weighted by molar-refractivity contribution is 0.0779. The fraction of sp³-hybridized carbons (Fsp3) is 0.167. The summed E-state index contributed by atoms with van der Waals surface area (Å²) in [6, 6.07) is 17.2. The van der Waals surface area contributed by atoms with Crippen molar-refractivity contribution >= 4 is 5.91 Å². The van der Waals surface area contributed by atoms with E-state index in [1.54, 1.807) is 29.9 Å². The first-order chi connectivity index (χ1) is 11.7. The van der Waals surface area contributed by atoms with Gasteiger partial charge in [-0.15, -0.1) is 5.10 Å². The van der Waals surface area contributed by atoms with Crippen LogP contribution in [0.5, 0.6) is 5.75 Å². The number of benzene rings is 2. The highest BCUT2D eigenvalue weighted by Crippen LogP contribution is 2.14. The molecule has 0 atom stereocenters. The Balaban J connectivity index is 1.73. The molecule has 0 unspecified atom stereocenters. The Kier molecular flexibility index (Phi) is 4.56. The van der Waals surface area contributed by atoms with Gasteiger partial charge >= 0.3 is 0 Å². The minimum absolute atomic E-state index is 0.168. The molecule has 1 amide bonds. The van der Waals surface area contributed by atoms with Gasteiger partial charge in [-0.3, -0.25) is 4.79 Å². The Labute approximate surface area is 140 Å². The maximum absolute atomic E-state index is 12.5. The number of carbonyl (C=O) groups is 1. The lowest BCUT2D eigenvalue weighted by Crippen LogP contribution is -2.26. The van der Waals surface area contributed by atoms with E-state index in [9.17, 15) is 4.79 Å². The summed E-state index contributed by atoms with van der Waals surface area (Å²) in [7, 11) is 3.37. The largest absolute Gasteiger partial charge is 0.497 e. The third kappa shape index (κ3) is 3.43. The van der Waals surface area contributed by atoms with Crippen LogP contribution < -0.4 is 4.74 Å². The summed E-state index contributed by atoms with van der Waals surface area (Å²) >= 11 is 0. The monoisotopic (exact) mass is 322 g/mol. The first kappa shape index (κ1) is 15.7. The molecule has 0 aliphatic rings. The van der Waals surface area contributed by atoms with Gasteiger partial charge in [0.15, 0.2) is 5.69 Å². The summed E-state index contributed by atoms with van der Waals surface area (Å²) in [6.07, 6.45) is 1.63. The van der Waals surface area contributed by atoms with Gasteiger partial charge in [-0.05, 0) is 29.8 Å². The van der Waals surface area contributed by atoms with Crippen molar-refractivity contribution < 1.29 is 9.53 Å². The summed E-state index contributed by atoms with van der Waals surface area (Å²) < 4.78 is 6.70. The number of aromatic nitrogens is 3. The molecule has 0 bridgehead atoms. The normalized spacial score (nSPS) is 10.4. The van der Waals surface area contributed by atoms with E-state index < -0.39 is 0 Å². The zero-order valence-electron chi connectivity index (χ0n) is 13.6. The average Bonchev–Trinajstić information content (AvgIpc) is 3.12. The molecular formula is C18H18N4O2. The van der Waals surface area contributed by atoms with Crippen molar-refractivity contribution in [1.82, 2.24) is 19.9 Å². The maximum atomic E-state index is 12.5. The van der Waals surface area contributed by atoms with Crippen LogP contribution in [0.1, 0.15) is 16.1 Å². The molecule has 0 N–H and O–H groups in total. The molecule has 0 fully saturated rings. The van der Waals surface area contributed by atoms with Gasteiger partial charge in [0.1, 0.15) is 5.75 Å². The summed E-state index contributed by atoms with van der Waals surface area (Å²) in [5.41, 5.74) is 2.19. The predicted octanol–water partition coefficient (Wildman–Crippen LogP) is 2.55. The molecule has 3 aromatic rings. The van der Waals surface area contributed by atoms with Crippen molar-refractivity contribution in [2.75, 3.05) is 14.2 Å². The predicted molar refractivity (Wildman–Crippen MR) is 90.2 cm³/mol. The Morgan fingerprint density at radius 1 is 1.12 bits per heavy atom. The SMILES string of the molecule is COc1ccc(-n2cc(C(=O)N(C)Cc3ccccc3)nn2)cc1. The van der Waals surface area contributed by atoms with Crippen molar-refractivity contribution in [3.05, 3.63) is 72.1 Å². The van der Waals surface area contributed by atoms with Crippen molar-refractivity contribution in [2.45, 2.75) is 6.54 Å². The summed E-state index contributed by atoms with van der Waals surface area (Å²) in [5.74, 6) is 0.594. The van der Waals surface area contributed by atoms with Gasteiger partial charge in [-0.2, -0.15) is 0 Å². The molecule has 24 heavy (non-hydrogen) atoms. The van der Waals surface area contributed by atoms with Gasteiger partial charge in [-0.1, -0.05) is 35.5 Å². The fourth-order valence-corrected chi connectivity index (χ4v) is 2.35. The quantitative estimate of drug-likeness (QED) is 0.724. The van der Waals surface area contributed by atoms with Crippen LogP contribution in [0.2, 0.25) is 0 Å². The number of rotatable bonds is 5. The molecule has 6 heteroatoms. The van der Waals surface area contributed by atoms with E-state index in [1.165, 1.54) is 0 Å². The Hall–Kier alpha value is -3.15. The first-order valence-corrected chi connectivity index (χ1v) is 7.53. The first-order valence-electron chi connectivity index (χ1n) is 7.53. The molecule has 0 spiro atoms. The van der Waals surface area contributed by atoms with Crippen molar-refractivity contribution in [3.8, 4) is 11.4 Å². The van der Waals surface area contributed by atoms with Gasteiger partial charge in [-0.25, -0.2) is 4.68 Å². The molecule has 1 heterocycles. The average molecular weight is 322 g/mol. The van der Waals surface area contributed by atoms with E-state index in [0.29, 0.717) is 12.2 Å². The molecule has 0 saturated carbocycles. The summed E-state index contributed by atoms with van der Waals surface area (Å²) in [6.45, 7) is 0.523. The number of ether oxygens (including phenoxy) is 1. The number of methoxy groups -OCH3 is 1. The number of hydrogen-bond acceptors (Lipinski definition) is 4. The van der Waals surface area contributed by atoms with E-state index in [2.05, 4.69) is 10.3 Å². The van der Waals surface area contributed by atoms with E-state index in [0.717, 1.165) is 17.0 Å². The van der Waals surface area contributed by atoms with Crippen LogP contribution in [-0.4, -0.2) is 40.0 Å². The van der Waals surface area contributed by atoms with Gasteiger partial charge in [0.05, 0.1) is 19.0 Å². The van der Waals surface area contributed by atoms with Crippen LogP contribution in [0.3, 0.4) is 0 Å². The topological polar surface area (TPSA) is 60.2 Å². The standard InChI is InChI=1S/C18H18N4O2/c1-21(12-14-6-4-3-5-7-14)18(23)17-13-22(20-19-17)15-8-10-16(24-2)11-9-15/h3-11,13H,12H2,1-2H3. The summed E-state index contributed by atoms with van der Waals surface area (Å²) in [4.78, 5) is 14.1. The third-order valence-corrected chi connectivity index (χ3v) is 3.66. The Morgan fingerprint density at radius 2 is 1.83 bits per heavy atom. The minimum atomic E-state index is -0.168. The van der Waals surface area contributed by atoms with Crippen LogP contribution in [0.25, 0.3) is 5.69 Å². The molecule has 6 nitrogen and oxygen atoms in total. The highest BCUT2D eigenvalue weighted by molar-refractivity contribution is 5.91.